The minimum Gasteiger partial charge on any atom is -0.347 e. The van der Waals surface area contributed by atoms with Gasteiger partial charge in [0.2, 0.25) is 0 Å². The van der Waals surface area contributed by atoms with Gasteiger partial charge in [0.1, 0.15) is 17.6 Å². The second kappa shape index (κ2) is 5.74. The number of amides is 1. The summed E-state index contributed by atoms with van der Waals surface area (Å²) >= 11 is 0. The molecule has 0 aliphatic rings. The van der Waals surface area contributed by atoms with Crippen molar-refractivity contribution in [3.05, 3.63) is 65.2 Å². The summed E-state index contributed by atoms with van der Waals surface area (Å²) in [5.74, 6) is -0.711. The third-order valence-corrected chi connectivity index (χ3v) is 2.47. The molecule has 0 spiro atoms. The number of aromatic nitrogens is 1. The number of hydrogen-bond acceptors (Lipinski definition) is 3. The molecule has 5 heteroatoms. The van der Waals surface area contributed by atoms with E-state index in [-0.39, 0.29) is 24.0 Å². The number of nitriles is 1. The van der Waals surface area contributed by atoms with Gasteiger partial charge in [0.05, 0.1) is 5.56 Å². The summed E-state index contributed by atoms with van der Waals surface area (Å²) in [6, 6.07) is 10.9. The van der Waals surface area contributed by atoms with Crippen LogP contribution in [0, 0.1) is 17.1 Å². The Balaban J connectivity index is 1.99. The van der Waals surface area contributed by atoms with E-state index in [2.05, 4.69) is 10.3 Å². The van der Waals surface area contributed by atoms with Crippen molar-refractivity contribution in [2.24, 2.45) is 0 Å². The molecule has 0 fully saturated rings. The highest BCUT2D eigenvalue weighted by molar-refractivity contribution is 5.92. The SMILES string of the molecule is N#Cc1ccc(C(=O)NCc2cccc(F)c2)nc1. The molecular weight excluding hydrogens is 245 g/mol. The lowest BCUT2D eigenvalue weighted by Crippen LogP contribution is -2.23. The number of rotatable bonds is 3. The molecule has 2 aromatic rings. The Kier molecular flexibility index (Phi) is 3.84. The normalized spacial score (nSPS) is 9.68. The maximum Gasteiger partial charge on any atom is 0.270 e. The zero-order chi connectivity index (χ0) is 13.7. The predicted octanol–water partition coefficient (Wildman–Crippen LogP) is 2.02. The van der Waals surface area contributed by atoms with Gasteiger partial charge >= 0.3 is 0 Å². The van der Waals surface area contributed by atoms with Gasteiger partial charge < -0.3 is 5.32 Å². The Hall–Kier alpha value is -2.74. The van der Waals surface area contributed by atoms with Crippen molar-refractivity contribution in [2.75, 3.05) is 0 Å². The lowest BCUT2D eigenvalue weighted by atomic mass is 10.2. The van der Waals surface area contributed by atoms with E-state index in [1.165, 1.54) is 30.5 Å². The average Bonchev–Trinajstić information content (AvgIpc) is 2.45. The van der Waals surface area contributed by atoms with E-state index in [9.17, 15) is 9.18 Å². The van der Waals surface area contributed by atoms with Crippen LogP contribution in [0.3, 0.4) is 0 Å². The number of nitrogens with zero attached hydrogens (tertiary/aromatic N) is 2. The molecule has 0 saturated heterocycles. The molecule has 0 radical (unpaired) electrons. The van der Waals surface area contributed by atoms with E-state index in [1.54, 1.807) is 12.1 Å². The largest absolute Gasteiger partial charge is 0.347 e. The Bertz CT molecular complexity index is 632. The maximum absolute atomic E-state index is 12.9. The first-order valence-electron chi connectivity index (χ1n) is 5.58. The fraction of sp³-hybridized carbons (Fsp3) is 0.0714. The molecule has 1 aromatic heterocycles. The molecule has 19 heavy (non-hydrogen) atoms. The minimum atomic E-state index is -0.367. The van der Waals surface area contributed by atoms with Crippen LogP contribution in [-0.2, 0) is 6.54 Å². The first-order chi connectivity index (χ1) is 9.19. The molecule has 94 valence electrons. The molecule has 1 heterocycles. The highest BCUT2D eigenvalue weighted by Crippen LogP contribution is 2.04. The van der Waals surface area contributed by atoms with Crippen molar-refractivity contribution in [1.29, 1.82) is 5.26 Å². The number of halogens is 1. The molecule has 0 saturated carbocycles. The van der Waals surface area contributed by atoms with Crippen molar-refractivity contribution in [1.82, 2.24) is 10.3 Å². The van der Waals surface area contributed by atoms with Gasteiger partial charge in [-0.05, 0) is 29.8 Å². The van der Waals surface area contributed by atoms with Gasteiger partial charge in [-0.3, -0.25) is 4.79 Å². The van der Waals surface area contributed by atoms with Crippen molar-refractivity contribution < 1.29 is 9.18 Å². The summed E-state index contributed by atoms with van der Waals surface area (Å²) in [5.41, 5.74) is 1.28. The number of hydrogen-bond donors (Lipinski definition) is 1. The van der Waals surface area contributed by atoms with Crippen molar-refractivity contribution in [2.45, 2.75) is 6.54 Å². The lowest BCUT2D eigenvalue weighted by Gasteiger charge is -2.04. The van der Waals surface area contributed by atoms with Gasteiger partial charge in [-0.2, -0.15) is 5.26 Å². The third-order valence-electron chi connectivity index (χ3n) is 2.47. The number of carbonyl (C=O) groups is 1. The Morgan fingerprint density at radius 2 is 2.21 bits per heavy atom. The van der Waals surface area contributed by atoms with E-state index in [0.717, 1.165) is 0 Å². The monoisotopic (exact) mass is 255 g/mol. The van der Waals surface area contributed by atoms with Gasteiger partial charge in [-0.25, -0.2) is 9.37 Å². The van der Waals surface area contributed by atoms with E-state index >= 15 is 0 Å². The third kappa shape index (κ3) is 3.36. The fourth-order valence-corrected chi connectivity index (χ4v) is 1.51. The van der Waals surface area contributed by atoms with Crippen LogP contribution in [-0.4, -0.2) is 10.9 Å². The number of benzene rings is 1. The predicted molar refractivity (Wildman–Crippen MR) is 66.5 cm³/mol. The highest BCUT2D eigenvalue weighted by atomic mass is 19.1. The van der Waals surface area contributed by atoms with Gasteiger partial charge in [-0.1, -0.05) is 12.1 Å². The van der Waals surface area contributed by atoms with Crippen molar-refractivity contribution >= 4 is 5.91 Å². The number of carbonyl (C=O) groups excluding carboxylic acids is 1. The van der Waals surface area contributed by atoms with Gasteiger partial charge in [0, 0.05) is 12.7 Å². The molecule has 1 N–H and O–H groups in total. The summed E-state index contributed by atoms with van der Waals surface area (Å²) in [4.78, 5) is 15.6. The van der Waals surface area contributed by atoms with Crippen LogP contribution < -0.4 is 5.32 Å². The van der Waals surface area contributed by atoms with Crippen LogP contribution in [0.4, 0.5) is 4.39 Å². The van der Waals surface area contributed by atoms with Crippen molar-refractivity contribution in [3.8, 4) is 6.07 Å². The first kappa shape index (κ1) is 12.7. The topological polar surface area (TPSA) is 65.8 Å². The molecule has 1 aromatic carbocycles. The Labute approximate surface area is 109 Å². The van der Waals surface area contributed by atoms with Crippen LogP contribution in [0.1, 0.15) is 21.6 Å². The standard InChI is InChI=1S/C14H10FN3O/c15-12-3-1-2-10(6-12)8-18-14(19)13-5-4-11(7-16)9-17-13/h1-6,9H,8H2,(H,18,19). The van der Waals surface area contributed by atoms with E-state index in [0.29, 0.717) is 11.1 Å². The summed E-state index contributed by atoms with van der Waals surface area (Å²) in [5, 5.41) is 11.2. The molecule has 0 atom stereocenters. The van der Waals surface area contributed by atoms with Gasteiger partial charge in [0.25, 0.3) is 5.91 Å². The zero-order valence-corrected chi connectivity index (χ0v) is 9.93. The van der Waals surface area contributed by atoms with Crippen LogP contribution in [0.2, 0.25) is 0 Å². The van der Waals surface area contributed by atoms with E-state index < -0.39 is 0 Å². The van der Waals surface area contributed by atoms with Crippen LogP contribution >= 0.6 is 0 Å². The molecule has 0 unspecified atom stereocenters. The minimum absolute atomic E-state index is 0.218. The Morgan fingerprint density at radius 1 is 1.37 bits per heavy atom. The lowest BCUT2D eigenvalue weighted by molar-refractivity contribution is 0.0946. The smallest absolute Gasteiger partial charge is 0.270 e. The second-order valence-electron chi connectivity index (χ2n) is 3.86. The number of pyridine rings is 1. The van der Waals surface area contributed by atoms with Gasteiger partial charge in [0.15, 0.2) is 0 Å². The van der Waals surface area contributed by atoms with Crippen LogP contribution in [0.25, 0.3) is 0 Å². The molecule has 1 amide bonds. The van der Waals surface area contributed by atoms with Crippen molar-refractivity contribution in [3.63, 3.8) is 0 Å². The van der Waals surface area contributed by atoms with E-state index in [4.69, 9.17) is 5.26 Å². The molecule has 4 nitrogen and oxygen atoms in total. The van der Waals surface area contributed by atoms with Gasteiger partial charge in [-0.15, -0.1) is 0 Å². The fourth-order valence-electron chi connectivity index (χ4n) is 1.51. The maximum atomic E-state index is 12.9. The second-order valence-corrected chi connectivity index (χ2v) is 3.86. The quantitative estimate of drug-likeness (QED) is 0.912. The highest BCUT2D eigenvalue weighted by Gasteiger charge is 2.06. The molecule has 2 rings (SSSR count). The van der Waals surface area contributed by atoms with Crippen LogP contribution in [0.5, 0.6) is 0 Å². The molecule has 0 aliphatic heterocycles. The van der Waals surface area contributed by atoms with E-state index in [1.807, 2.05) is 6.07 Å². The number of nitrogens with one attached hydrogen (secondary N) is 1. The summed E-state index contributed by atoms with van der Waals surface area (Å²) in [6.07, 6.45) is 1.33. The van der Waals surface area contributed by atoms with Crippen LogP contribution in [0.15, 0.2) is 42.6 Å². The molecule has 0 bridgehead atoms. The Morgan fingerprint density at radius 3 is 2.84 bits per heavy atom. The summed E-state index contributed by atoms with van der Waals surface area (Å²) in [6.45, 7) is 0.221. The average molecular weight is 255 g/mol. The first-order valence-corrected chi connectivity index (χ1v) is 5.58. The molecule has 0 aliphatic carbocycles. The summed E-state index contributed by atoms with van der Waals surface area (Å²) in [7, 11) is 0. The zero-order valence-electron chi connectivity index (χ0n) is 9.93. The molecular formula is C14H10FN3O. The summed E-state index contributed by atoms with van der Waals surface area (Å²) < 4.78 is 12.9.